The molecule has 0 bridgehead atoms. The van der Waals surface area contributed by atoms with E-state index in [9.17, 15) is 9.90 Å². The maximum Gasteiger partial charge on any atom is 0.337 e. The summed E-state index contributed by atoms with van der Waals surface area (Å²) in [5, 5.41) is 9.32. The van der Waals surface area contributed by atoms with Gasteiger partial charge < -0.3 is 10.0 Å². The quantitative estimate of drug-likeness (QED) is 0.892. The monoisotopic (exact) mass is 265 g/mol. The van der Waals surface area contributed by atoms with Crippen molar-refractivity contribution in [3.05, 3.63) is 29.3 Å². The van der Waals surface area contributed by atoms with Crippen LogP contribution in [0.15, 0.2) is 18.2 Å². The van der Waals surface area contributed by atoms with Gasteiger partial charge in [0.15, 0.2) is 0 Å². The zero-order chi connectivity index (χ0) is 13.3. The number of hydrogen-bond donors (Lipinski definition) is 1. The lowest BCUT2D eigenvalue weighted by atomic mass is 10.1. The molecule has 1 aromatic carbocycles. The summed E-state index contributed by atoms with van der Waals surface area (Å²) in [5.41, 5.74) is 2.25. The summed E-state index contributed by atoms with van der Waals surface area (Å²) < 4.78 is 0.179. The van der Waals surface area contributed by atoms with E-state index >= 15 is 0 Å². The van der Waals surface area contributed by atoms with Crippen molar-refractivity contribution in [3.63, 3.8) is 0 Å². The molecule has 1 aliphatic heterocycles. The first kappa shape index (κ1) is 13.3. The van der Waals surface area contributed by atoms with Crippen molar-refractivity contribution < 1.29 is 9.90 Å². The van der Waals surface area contributed by atoms with Crippen LogP contribution in [0.3, 0.4) is 0 Å². The second kappa shape index (κ2) is 4.84. The van der Waals surface area contributed by atoms with E-state index in [1.807, 2.05) is 30.8 Å². The van der Waals surface area contributed by atoms with Crippen LogP contribution in [-0.4, -0.2) is 34.7 Å². The fourth-order valence-electron chi connectivity index (χ4n) is 2.32. The summed E-state index contributed by atoms with van der Waals surface area (Å²) in [5.74, 6) is 0.199. The van der Waals surface area contributed by atoms with Crippen molar-refractivity contribution in [1.82, 2.24) is 0 Å². The van der Waals surface area contributed by atoms with Gasteiger partial charge in [0.1, 0.15) is 0 Å². The van der Waals surface area contributed by atoms with Gasteiger partial charge in [-0.05, 0) is 32.9 Å². The molecule has 0 atom stereocenters. The van der Waals surface area contributed by atoms with Gasteiger partial charge in [0, 0.05) is 23.6 Å². The van der Waals surface area contributed by atoms with Crippen molar-refractivity contribution in [2.45, 2.75) is 25.5 Å². The van der Waals surface area contributed by atoms with E-state index < -0.39 is 5.97 Å². The van der Waals surface area contributed by atoms with Crippen molar-refractivity contribution in [3.8, 4) is 0 Å². The minimum absolute atomic E-state index is 0.179. The molecule has 0 spiro atoms. The molecule has 1 aliphatic rings. The smallest absolute Gasteiger partial charge is 0.337 e. The van der Waals surface area contributed by atoms with Gasteiger partial charge in [-0.2, -0.15) is 11.8 Å². The van der Waals surface area contributed by atoms with E-state index in [1.54, 1.807) is 6.07 Å². The second-order valence-corrected chi connectivity index (χ2v) is 7.16. The Morgan fingerprint density at radius 1 is 1.44 bits per heavy atom. The van der Waals surface area contributed by atoms with Gasteiger partial charge in [0.25, 0.3) is 0 Å². The summed E-state index contributed by atoms with van der Waals surface area (Å²) in [6.07, 6.45) is 0. The average Bonchev–Trinajstić information content (AvgIpc) is 2.27. The van der Waals surface area contributed by atoms with Crippen molar-refractivity contribution in [1.29, 1.82) is 0 Å². The van der Waals surface area contributed by atoms with E-state index in [4.69, 9.17) is 0 Å². The number of benzene rings is 1. The molecule has 18 heavy (non-hydrogen) atoms. The molecule has 1 heterocycles. The number of nitrogens with zero attached hydrogens (tertiary/aromatic N) is 1. The zero-order valence-electron chi connectivity index (χ0n) is 11.1. The molecule has 1 fully saturated rings. The molecule has 1 saturated heterocycles. The van der Waals surface area contributed by atoms with Crippen molar-refractivity contribution in [2.24, 2.45) is 0 Å². The third-order valence-electron chi connectivity index (χ3n) is 3.15. The molecule has 1 N–H and O–H groups in total. The topological polar surface area (TPSA) is 40.5 Å². The molecule has 3 nitrogen and oxygen atoms in total. The Hall–Kier alpha value is -1.16. The fraction of sp³-hybridized carbons (Fsp3) is 0.500. The molecule has 0 amide bonds. The fourth-order valence-corrected chi connectivity index (χ4v) is 3.43. The number of aryl methyl sites for hydroxylation is 1. The van der Waals surface area contributed by atoms with Crippen LogP contribution in [0.5, 0.6) is 0 Å². The van der Waals surface area contributed by atoms with Gasteiger partial charge in [0.05, 0.1) is 11.3 Å². The summed E-state index contributed by atoms with van der Waals surface area (Å²) in [4.78, 5) is 13.5. The number of carbonyl (C=O) groups is 1. The van der Waals surface area contributed by atoms with Gasteiger partial charge in [-0.1, -0.05) is 11.6 Å². The molecular weight excluding hydrogens is 246 g/mol. The first-order valence-corrected chi connectivity index (χ1v) is 7.10. The Labute approximate surface area is 112 Å². The zero-order valence-corrected chi connectivity index (χ0v) is 11.9. The van der Waals surface area contributed by atoms with Gasteiger partial charge in [-0.3, -0.25) is 0 Å². The van der Waals surface area contributed by atoms with E-state index in [0.717, 1.165) is 30.1 Å². The van der Waals surface area contributed by atoms with Crippen LogP contribution in [0, 0.1) is 6.92 Å². The highest BCUT2D eigenvalue weighted by Gasteiger charge is 2.29. The number of aromatic carboxylic acids is 1. The predicted octanol–water partition coefficient (Wildman–Crippen LogP) is 3.03. The van der Waals surface area contributed by atoms with Crippen LogP contribution in [0.1, 0.15) is 29.8 Å². The summed E-state index contributed by atoms with van der Waals surface area (Å²) in [7, 11) is 0. The molecule has 2 rings (SSSR count). The molecule has 1 aromatic rings. The van der Waals surface area contributed by atoms with Crippen LogP contribution < -0.4 is 4.90 Å². The predicted molar refractivity (Wildman–Crippen MR) is 76.9 cm³/mol. The minimum atomic E-state index is -0.843. The molecule has 0 saturated carbocycles. The Morgan fingerprint density at radius 2 is 2.17 bits per heavy atom. The normalized spacial score (nSPS) is 18.7. The number of rotatable bonds is 2. The summed E-state index contributed by atoms with van der Waals surface area (Å²) in [6, 6.07) is 5.67. The number of thioether (sulfide) groups is 1. The third-order valence-corrected chi connectivity index (χ3v) is 4.45. The van der Waals surface area contributed by atoms with E-state index in [0.29, 0.717) is 5.56 Å². The SMILES string of the molecule is Cc1ccc(N2CCSC(C)(C)C2)c(C(=O)O)c1. The molecule has 0 unspecified atom stereocenters. The lowest BCUT2D eigenvalue weighted by Gasteiger charge is -2.39. The first-order chi connectivity index (χ1) is 8.39. The second-order valence-electron chi connectivity index (χ2n) is 5.36. The Bertz CT molecular complexity index is 471. The van der Waals surface area contributed by atoms with Gasteiger partial charge in [-0.25, -0.2) is 4.79 Å². The molecule has 0 aromatic heterocycles. The van der Waals surface area contributed by atoms with Crippen LogP contribution in [-0.2, 0) is 0 Å². The van der Waals surface area contributed by atoms with Crippen LogP contribution >= 0.6 is 11.8 Å². The molecular formula is C14H19NO2S. The molecule has 4 heteroatoms. The molecule has 98 valence electrons. The maximum atomic E-state index is 11.3. The lowest BCUT2D eigenvalue weighted by molar-refractivity contribution is 0.0697. The molecule has 0 radical (unpaired) electrons. The molecule has 0 aliphatic carbocycles. The largest absolute Gasteiger partial charge is 0.478 e. The minimum Gasteiger partial charge on any atom is -0.478 e. The van der Waals surface area contributed by atoms with Crippen molar-refractivity contribution >= 4 is 23.4 Å². The number of hydrogen-bond acceptors (Lipinski definition) is 3. The van der Waals surface area contributed by atoms with E-state index in [1.165, 1.54) is 0 Å². The Kier molecular flexibility index (Phi) is 3.57. The Morgan fingerprint density at radius 3 is 2.78 bits per heavy atom. The first-order valence-electron chi connectivity index (χ1n) is 6.12. The lowest BCUT2D eigenvalue weighted by Crippen LogP contribution is -2.43. The standard InChI is InChI=1S/C14H19NO2S/c1-10-4-5-12(11(8-10)13(16)17)15-6-7-18-14(2,3)9-15/h4-5,8H,6-7,9H2,1-3H3,(H,16,17). The van der Waals surface area contributed by atoms with Crippen LogP contribution in [0.4, 0.5) is 5.69 Å². The number of anilines is 1. The highest BCUT2D eigenvalue weighted by Crippen LogP contribution is 2.33. The van der Waals surface area contributed by atoms with Gasteiger partial charge in [-0.15, -0.1) is 0 Å². The summed E-state index contributed by atoms with van der Waals surface area (Å²) in [6.45, 7) is 8.14. The number of carboxylic acid groups (broad SMARTS) is 1. The van der Waals surface area contributed by atoms with E-state index in [2.05, 4.69) is 18.7 Å². The Balaban J connectivity index is 2.35. The van der Waals surface area contributed by atoms with Gasteiger partial charge >= 0.3 is 5.97 Å². The average molecular weight is 265 g/mol. The van der Waals surface area contributed by atoms with E-state index in [-0.39, 0.29) is 4.75 Å². The third kappa shape index (κ3) is 2.80. The van der Waals surface area contributed by atoms with Crippen molar-refractivity contribution in [2.75, 3.05) is 23.7 Å². The highest BCUT2D eigenvalue weighted by atomic mass is 32.2. The maximum absolute atomic E-state index is 11.3. The van der Waals surface area contributed by atoms with Gasteiger partial charge in [0.2, 0.25) is 0 Å². The van der Waals surface area contributed by atoms with Crippen LogP contribution in [0.2, 0.25) is 0 Å². The van der Waals surface area contributed by atoms with Crippen LogP contribution in [0.25, 0.3) is 0 Å². The highest BCUT2D eigenvalue weighted by molar-refractivity contribution is 8.00. The summed E-state index contributed by atoms with van der Waals surface area (Å²) >= 11 is 1.95. The number of carboxylic acids is 1.